The molecule has 0 radical (unpaired) electrons. The van der Waals surface area contributed by atoms with E-state index in [0.717, 1.165) is 51.3 Å². The van der Waals surface area contributed by atoms with Crippen molar-refractivity contribution in [2.75, 3.05) is 52.1 Å². The summed E-state index contributed by atoms with van der Waals surface area (Å²) in [4.78, 5) is 19.7. The van der Waals surface area contributed by atoms with Crippen LogP contribution < -0.4 is 4.74 Å². The molecule has 2 aliphatic heterocycles. The van der Waals surface area contributed by atoms with Gasteiger partial charge in [0.2, 0.25) is 5.91 Å². The molecular formula is C26H35N3O4S. The summed E-state index contributed by atoms with van der Waals surface area (Å²) in [6.07, 6.45) is 2.22. The Kier molecular flexibility index (Phi) is 8.24. The largest absolute Gasteiger partial charge is 0.496 e. The number of nitrogens with zero attached hydrogens (tertiary/aromatic N) is 3. The summed E-state index contributed by atoms with van der Waals surface area (Å²) in [5, 5.41) is 0. The van der Waals surface area contributed by atoms with Gasteiger partial charge < -0.3 is 9.64 Å². The molecule has 2 fully saturated rings. The minimum Gasteiger partial charge on any atom is -0.496 e. The fraction of sp³-hybridized carbons (Fsp3) is 0.500. The van der Waals surface area contributed by atoms with Gasteiger partial charge in [-0.05, 0) is 31.0 Å². The summed E-state index contributed by atoms with van der Waals surface area (Å²) in [6, 6.07) is 17.0. The molecule has 1 unspecified atom stereocenters. The highest BCUT2D eigenvalue weighted by molar-refractivity contribution is 7.91. The van der Waals surface area contributed by atoms with Gasteiger partial charge in [0.05, 0.1) is 17.8 Å². The standard InChI is InChI=1S/C26H35N3O4S/c1-33-25-10-6-5-7-22(25)21-27-15-17-28(18-16-27)23-11-12-26(30)29(14-13-23)19-20-34(31,32)24-8-3-2-4-9-24/h2-10,23H,11-21H2,1H3. The first-order valence-corrected chi connectivity index (χ1v) is 13.8. The lowest BCUT2D eigenvalue weighted by Crippen LogP contribution is -2.50. The molecule has 0 spiro atoms. The summed E-state index contributed by atoms with van der Waals surface area (Å²) in [6.45, 7) is 5.70. The SMILES string of the molecule is COc1ccccc1CN1CCN(C2CCC(=O)N(CCS(=O)(=O)c3ccccc3)CC2)CC1. The van der Waals surface area contributed by atoms with E-state index in [9.17, 15) is 13.2 Å². The van der Waals surface area contributed by atoms with Crippen LogP contribution >= 0.6 is 0 Å². The third kappa shape index (κ3) is 6.17. The Morgan fingerprint density at radius 2 is 1.62 bits per heavy atom. The molecular weight excluding hydrogens is 450 g/mol. The topological polar surface area (TPSA) is 70.2 Å². The van der Waals surface area contributed by atoms with Crippen molar-refractivity contribution in [3.05, 3.63) is 60.2 Å². The Labute approximate surface area is 203 Å². The monoisotopic (exact) mass is 485 g/mol. The van der Waals surface area contributed by atoms with Crippen molar-refractivity contribution in [2.24, 2.45) is 0 Å². The van der Waals surface area contributed by atoms with Crippen molar-refractivity contribution < 1.29 is 17.9 Å². The van der Waals surface area contributed by atoms with Gasteiger partial charge >= 0.3 is 0 Å². The Balaban J connectivity index is 1.26. The quantitative estimate of drug-likeness (QED) is 0.573. The highest BCUT2D eigenvalue weighted by Gasteiger charge is 2.29. The van der Waals surface area contributed by atoms with E-state index in [2.05, 4.69) is 15.9 Å². The number of sulfone groups is 1. The van der Waals surface area contributed by atoms with E-state index < -0.39 is 9.84 Å². The molecule has 0 bridgehead atoms. The number of likely N-dealkylation sites (tertiary alicyclic amines) is 1. The second-order valence-corrected chi connectivity index (χ2v) is 11.2. The molecule has 0 saturated carbocycles. The summed E-state index contributed by atoms with van der Waals surface area (Å²) in [5.74, 6) is 0.969. The molecule has 34 heavy (non-hydrogen) atoms. The van der Waals surface area contributed by atoms with Crippen molar-refractivity contribution in [2.45, 2.75) is 36.7 Å². The van der Waals surface area contributed by atoms with Crippen LogP contribution in [0.5, 0.6) is 5.75 Å². The van der Waals surface area contributed by atoms with Crippen molar-refractivity contribution in [1.29, 1.82) is 0 Å². The van der Waals surface area contributed by atoms with E-state index in [1.165, 1.54) is 5.56 Å². The van der Waals surface area contributed by atoms with Gasteiger partial charge in [-0.25, -0.2) is 8.42 Å². The molecule has 2 heterocycles. The maximum Gasteiger partial charge on any atom is 0.222 e. The number of amides is 1. The van der Waals surface area contributed by atoms with Crippen molar-refractivity contribution in [3.8, 4) is 5.75 Å². The summed E-state index contributed by atoms with van der Waals surface area (Å²) >= 11 is 0. The third-order valence-corrected chi connectivity index (χ3v) is 8.73. The number of para-hydroxylation sites is 1. The maximum atomic E-state index is 12.7. The van der Waals surface area contributed by atoms with Gasteiger partial charge in [-0.15, -0.1) is 0 Å². The normalized spacial score (nSPS) is 20.8. The molecule has 2 aromatic carbocycles. The smallest absolute Gasteiger partial charge is 0.222 e. The predicted octanol–water partition coefficient (Wildman–Crippen LogP) is 2.67. The maximum absolute atomic E-state index is 12.7. The Morgan fingerprint density at radius 3 is 2.35 bits per heavy atom. The molecule has 1 atom stereocenters. The van der Waals surface area contributed by atoms with Crippen molar-refractivity contribution >= 4 is 15.7 Å². The molecule has 2 saturated heterocycles. The zero-order valence-corrected chi connectivity index (χ0v) is 20.8. The van der Waals surface area contributed by atoms with E-state index in [-0.39, 0.29) is 18.2 Å². The van der Waals surface area contributed by atoms with Crippen molar-refractivity contribution in [1.82, 2.24) is 14.7 Å². The molecule has 0 N–H and O–H groups in total. The van der Waals surface area contributed by atoms with E-state index in [0.29, 0.717) is 23.9 Å². The fourth-order valence-electron chi connectivity index (χ4n) is 4.96. The van der Waals surface area contributed by atoms with Crippen molar-refractivity contribution in [3.63, 3.8) is 0 Å². The van der Waals surface area contributed by atoms with Crippen LogP contribution in [0.4, 0.5) is 0 Å². The molecule has 0 aliphatic carbocycles. The molecule has 184 valence electrons. The molecule has 2 aromatic rings. The van der Waals surface area contributed by atoms with Gasteiger partial charge in [-0.2, -0.15) is 0 Å². The predicted molar refractivity (Wildman–Crippen MR) is 133 cm³/mol. The third-order valence-electron chi connectivity index (χ3n) is 7.02. The lowest BCUT2D eigenvalue weighted by Gasteiger charge is -2.39. The summed E-state index contributed by atoms with van der Waals surface area (Å²) in [5.41, 5.74) is 1.21. The number of hydrogen-bond acceptors (Lipinski definition) is 6. The lowest BCUT2D eigenvalue weighted by atomic mass is 10.1. The number of rotatable bonds is 8. The van der Waals surface area contributed by atoms with Crippen LogP contribution in [0.25, 0.3) is 0 Å². The van der Waals surface area contributed by atoms with E-state index >= 15 is 0 Å². The summed E-state index contributed by atoms with van der Waals surface area (Å²) < 4.78 is 30.7. The first kappa shape index (κ1) is 24.7. The van der Waals surface area contributed by atoms with E-state index in [1.807, 2.05) is 18.2 Å². The Bertz CT molecular complexity index is 1050. The minimum atomic E-state index is -3.38. The van der Waals surface area contributed by atoms with Gasteiger partial charge in [0, 0.05) is 63.8 Å². The molecule has 0 aromatic heterocycles. The first-order chi connectivity index (χ1) is 16.5. The van der Waals surface area contributed by atoms with Crippen LogP contribution in [0.15, 0.2) is 59.5 Å². The van der Waals surface area contributed by atoms with Crippen LogP contribution in [-0.4, -0.2) is 87.2 Å². The number of hydrogen-bond donors (Lipinski definition) is 0. The van der Waals surface area contributed by atoms with Gasteiger partial charge in [0.25, 0.3) is 0 Å². The molecule has 1 amide bonds. The van der Waals surface area contributed by atoms with Crippen LogP contribution in [0, 0.1) is 0 Å². The molecule has 8 heteroatoms. The zero-order valence-electron chi connectivity index (χ0n) is 19.9. The average molecular weight is 486 g/mol. The average Bonchev–Trinajstić information content (AvgIpc) is 3.05. The fourth-order valence-corrected chi connectivity index (χ4v) is 6.23. The van der Waals surface area contributed by atoms with E-state index in [4.69, 9.17) is 4.74 Å². The Morgan fingerprint density at radius 1 is 0.912 bits per heavy atom. The van der Waals surface area contributed by atoms with Gasteiger partial charge in [-0.1, -0.05) is 36.4 Å². The number of carbonyl (C=O) groups excluding carboxylic acids is 1. The van der Waals surface area contributed by atoms with Gasteiger partial charge in [0.1, 0.15) is 5.75 Å². The number of benzene rings is 2. The van der Waals surface area contributed by atoms with Crippen LogP contribution in [0.1, 0.15) is 24.8 Å². The Hall–Kier alpha value is -2.42. The van der Waals surface area contributed by atoms with Gasteiger partial charge in [0.15, 0.2) is 9.84 Å². The molecule has 2 aliphatic rings. The second kappa shape index (κ2) is 11.3. The lowest BCUT2D eigenvalue weighted by molar-refractivity contribution is -0.130. The number of piperazine rings is 1. The summed E-state index contributed by atoms with van der Waals surface area (Å²) in [7, 11) is -1.67. The highest BCUT2D eigenvalue weighted by atomic mass is 32.2. The van der Waals surface area contributed by atoms with Crippen LogP contribution in [-0.2, 0) is 21.2 Å². The second-order valence-electron chi connectivity index (χ2n) is 9.12. The number of methoxy groups -OCH3 is 1. The molecule has 4 rings (SSSR count). The highest BCUT2D eigenvalue weighted by Crippen LogP contribution is 2.23. The van der Waals surface area contributed by atoms with E-state index in [1.54, 1.807) is 42.3 Å². The minimum absolute atomic E-state index is 0.0327. The van der Waals surface area contributed by atoms with Crippen LogP contribution in [0.2, 0.25) is 0 Å². The number of ether oxygens (including phenoxy) is 1. The zero-order chi connectivity index (χ0) is 24.0. The van der Waals surface area contributed by atoms with Gasteiger partial charge in [-0.3, -0.25) is 14.6 Å². The molecule has 7 nitrogen and oxygen atoms in total. The first-order valence-electron chi connectivity index (χ1n) is 12.1. The number of carbonyl (C=O) groups is 1. The van der Waals surface area contributed by atoms with Crippen LogP contribution in [0.3, 0.4) is 0 Å².